The largest absolute Gasteiger partial charge is 0.493 e. The minimum Gasteiger partial charge on any atom is -0.493 e. The van der Waals surface area contributed by atoms with Gasteiger partial charge in [0.2, 0.25) is 0 Å². The minimum atomic E-state index is -4.17. The van der Waals surface area contributed by atoms with Crippen molar-refractivity contribution in [2.45, 2.75) is 32.9 Å². The third-order valence-electron chi connectivity index (χ3n) is 2.38. The molecule has 1 aromatic rings. The van der Waals surface area contributed by atoms with Gasteiger partial charge in [0.25, 0.3) is 0 Å². The van der Waals surface area contributed by atoms with Crippen LogP contribution in [0.5, 0.6) is 5.75 Å². The molecule has 0 saturated carbocycles. The molecule has 18 heavy (non-hydrogen) atoms. The molecule has 0 bridgehead atoms. The van der Waals surface area contributed by atoms with Crippen LogP contribution in [0.3, 0.4) is 0 Å². The molecule has 0 unspecified atom stereocenters. The zero-order valence-corrected chi connectivity index (χ0v) is 10.3. The van der Waals surface area contributed by atoms with E-state index in [1.807, 2.05) is 6.92 Å². The number of aryl methyl sites for hydroxylation is 1. The fraction of sp³-hybridized carbons (Fsp3) is 0.462. The molecule has 2 nitrogen and oxygen atoms in total. The smallest absolute Gasteiger partial charge is 0.389 e. The second kappa shape index (κ2) is 5.89. The molecule has 0 N–H and O–H groups in total. The molecule has 0 heterocycles. The second-order valence-corrected chi connectivity index (χ2v) is 4.12. The van der Waals surface area contributed by atoms with Crippen LogP contribution >= 0.6 is 0 Å². The predicted molar refractivity (Wildman–Crippen MR) is 62.0 cm³/mol. The number of alkyl halides is 3. The predicted octanol–water partition coefficient (Wildman–Crippen LogP) is 3.92. The molecule has 1 rings (SSSR count). The van der Waals surface area contributed by atoms with Crippen LogP contribution in [0.2, 0.25) is 0 Å². The average molecular weight is 260 g/mol. The molecule has 0 saturated heterocycles. The lowest BCUT2D eigenvalue weighted by atomic mass is 10.1. The van der Waals surface area contributed by atoms with Crippen LogP contribution in [0.4, 0.5) is 13.2 Å². The number of halogens is 3. The minimum absolute atomic E-state index is 0.0523. The molecule has 0 atom stereocenters. The maximum atomic E-state index is 11.9. The van der Waals surface area contributed by atoms with E-state index in [0.29, 0.717) is 11.3 Å². The first kappa shape index (κ1) is 14.5. The number of ether oxygens (including phenoxy) is 1. The van der Waals surface area contributed by atoms with Gasteiger partial charge < -0.3 is 4.74 Å². The highest BCUT2D eigenvalue weighted by molar-refractivity contribution is 5.96. The number of carbonyl (C=O) groups excluding carboxylic acids is 1. The van der Waals surface area contributed by atoms with Crippen LogP contribution in [0, 0.1) is 6.92 Å². The Morgan fingerprint density at radius 2 is 2.00 bits per heavy atom. The van der Waals surface area contributed by atoms with Gasteiger partial charge in [-0.05, 0) is 38.0 Å². The average Bonchev–Trinajstić information content (AvgIpc) is 2.22. The Morgan fingerprint density at radius 3 is 2.56 bits per heavy atom. The van der Waals surface area contributed by atoms with Crippen molar-refractivity contribution in [3.63, 3.8) is 0 Å². The van der Waals surface area contributed by atoms with Crippen LogP contribution in [0.1, 0.15) is 35.7 Å². The Morgan fingerprint density at radius 1 is 1.33 bits per heavy atom. The number of hydrogen-bond acceptors (Lipinski definition) is 2. The van der Waals surface area contributed by atoms with Crippen molar-refractivity contribution in [2.75, 3.05) is 6.61 Å². The van der Waals surface area contributed by atoms with E-state index >= 15 is 0 Å². The maximum Gasteiger partial charge on any atom is 0.389 e. The van der Waals surface area contributed by atoms with E-state index in [2.05, 4.69) is 0 Å². The monoisotopic (exact) mass is 260 g/mol. The summed E-state index contributed by atoms with van der Waals surface area (Å²) >= 11 is 0. The summed E-state index contributed by atoms with van der Waals surface area (Å²) in [6.07, 6.45) is -5.16. The molecule has 100 valence electrons. The lowest BCUT2D eigenvalue weighted by Gasteiger charge is -2.11. The van der Waals surface area contributed by atoms with Crippen LogP contribution in [-0.2, 0) is 0 Å². The molecule has 0 fully saturated rings. The summed E-state index contributed by atoms with van der Waals surface area (Å²) < 4.78 is 41.1. The van der Waals surface area contributed by atoms with Crippen molar-refractivity contribution in [2.24, 2.45) is 0 Å². The van der Waals surface area contributed by atoms with E-state index in [1.54, 1.807) is 18.2 Å². The summed E-state index contributed by atoms with van der Waals surface area (Å²) in [5.41, 5.74) is 1.29. The summed E-state index contributed by atoms with van der Waals surface area (Å²) in [7, 11) is 0. The van der Waals surface area contributed by atoms with Crippen molar-refractivity contribution in [1.82, 2.24) is 0 Å². The van der Waals surface area contributed by atoms with Crippen molar-refractivity contribution in [3.8, 4) is 5.75 Å². The molecule has 5 heteroatoms. The van der Waals surface area contributed by atoms with Crippen LogP contribution in [-0.4, -0.2) is 18.6 Å². The topological polar surface area (TPSA) is 26.3 Å². The fourth-order valence-corrected chi connectivity index (χ4v) is 1.49. The number of hydrogen-bond donors (Lipinski definition) is 0. The van der Waals surface area contributed by atoms with Crippen molar-refractivity contribution >= 4 is 5.78 Å². The van der Waals surface area contributed by atoms with Gasteiger partial charge in [0, 0.05) is 6.42 Å². The Bertz CT molecular complexity index is 425. The first-order valence-corrected chi connectivity index (χ1v) is 5.61. The molecule has 0 aliphatic rings. The van der Waals surface area contributed by atoms with E-state index in [1.165, 1.54) is 6.92 Å². The van der Waals surface area contributed by atoms with E-state index in [0.717, 1.165) is 5.56 Å². The first-order valence-electron chi connectivity index (χ1n) is 5.61. The van der Waals surface area contributed by atoms with Gasteiger partial charge in [0.1, 0.15) is 5.75 Å². The number of carbonyl (C=O) groups is 1. The Hall–Kier alpha value is -1.52. The normalized spacial score (nSPS) is 11.4. The molecule has 0 spiro atoms. The third kappa shape index (κ3) is 4.77. The van der Waals surface area contributed by atoms with Gasteiger partial charge in [-0.15, -0.1) is 0 Å². The van der Waals surface area contributed by atoms with Crippen LogP contribution in [0.25, 0.3) is 0 Å². The maximum absolute atomic E-state index is 11.9. The standard InChI is InChI=1S/C13H15F3O2/c1-9-4-5-11(10(2)17)12(8-9)18-7-3-6-13(14,15)16/h4-5,8H,3,6-7H2,1-2H3. The molecular formula is C13H15F3O2. The van der Waals surface area contributed by atoms with Gasteiger partial charge in [-0.25, -0.2) is 0 Å². The van der Waals surface area contributed by atoms with E-state index in [4.69, 9.17) is 4.74 Å². The molecular weight excluding hydrogens is 245 g/mol. The summed E-state index contributed by atoms with van der Waals surface area (Å²) in [6, 6.07) is 5.04. The van der Waals surface area contributed by atoms with Crippen molar-refractivity contribution < 1.29 is 22.7 Å². The Kier molecular flexibility index (Phi) is 4.76. The second-order valence-electron chi connectivity index (χ2n) is 4.12. The molecule has 0 aliphatic heterocycles. The summed E-state index contributed by atoms with van der Waals surface area (Å²) in [6.45, 7) is 3.17. The van der Waals surface area contributed by atoms with Crippen molar-refractivity contribution in [1.29, 1.82) is 0 Å². The van der Waals surface area contributed by atoms with E-state index < -0.39 is 12.6 Å². The number of ketones is 1. The SMILES string of the molecule is CC(=O)c1ccc(C)cc1OCCCC(F)(F)F. The summed E-state index contributed by atoms with van der Waals surface area (Å²) in [5.74, 6) is 0.186. The fourth-order valence-electron chi connectivity index (χ4n) is 1.49. The van der Waals surface area contributed by atoms with E-state index in [9.17, 15) is 18.0 Å². The Balaban J connectivity index is 2.61. The van der Waals surface area contributed by atoms with Gasteiger partial charge >= 0.3 is 6.18 Å². The van der Waals surface area contributed by atoms with Gasteiger partial charge in [-0.2, -0.15) is 13.2 Å². The lowest BCUT2D eigenvalue weighted by Crippen LogP contribution is -2.10. The molecule has 0 aliphatic carbocycles. The molecule has 0 amide bonds. The number of rotatable bonds is 5. The highest BCUT2D eigenvalue weighted by Crippen LogP contribution is 2.23. The number of benzene rings is 1. The highest BCUT2D eigenvalue weighted by atomic mass is 19.4. The summed E-state index contributed by atoms with van der Waals surface area (Å²) in [4.78, 5) is 11.3. The first-order chi connectivity index (χ1) is 8.29. The zero-order valence-electron chi connectivity index (χ0n) is 10.3. The van der Waals surface area contributed by atoms with Crippen LogP contribution in [0.15, 0.2) is 18.2 Å². The van der Waals surface area contributed by atoms with E-state index in [-0.39, 0.29) is 18.8 Å². The Labute approximate surface area is 104 Å². The molecule has 0 radical (unpaired) electrons. The zero-order chi connectivity index (χ0) is 13.8. The van der Waals surface area contributed by atoms with Crippen LogP contribution < -0.4 is 4.74 Å². The molecule has 1 aromatic carbocycles. The van der Waals surface area contributed by atoms with Gasteiger partial charge in [0.15, 0.2) is 5.78 Å². The van der Waals surface area contributed by atoms with Gasteiger partial charge in [-0.1, -0.05) is 6.07 Å². The highest BCUT2D eigenvalue weighted by Gasteiger charge is 2.26. The summed E-state index contributed by atoms with van der Waals surface area (Å²) in [5, 5.41) is 0. The lowest BCUT2D eigenvalue weighted by molar-refractivity contribution is -0.136. The van der Waals surface area contributed by atoms with Crippen molar-refractivity contribution in [3.05, 3.63) is 29.3 Å². The number of Topliss-reactive ketones (excluding diaryl/α,β-unsaturated/α-hetero) is 1. The van der Waals surface area contributed by atoms with Gasteiger partial charge in [0.05, 0.1) is 12.2 Å². The molecule has 0 aromatic heterocycles. The third-order valence-corrected chi connectivity index (χ3v) is 2.38. The van der Waals surface area contributed by atoms with Gasteiger partial charge in [-0.3, -0.25) is 4.79 Å². The quantitative estimate of drug-likeness (QED) is 0.592.